The number of allylic oxidation sites excluding steroid dienone is 2. The van der Waals surface area contributed by atoms with Gasteiger partial charge in [-0.25, -0.2) is 0 Å². The standard InChI is InChI=1S/C35H39BrN2O3/c1-41-31-18-14-29(15-19-31)33(39)37-32(28-9-3-2-4-10-28)11-5-7-26-8-6-21-35(22-20-26)23-24-38(34(35)40)25-27-12-16-30(36)17-13-27/h2-4,8-10,12-19,32H,5-7,11,20-25H2,1H3,(H,37,39). The molecule has 1 fully saturated rings. The van der Waals surface area contributed by atoms with Crippen molar-refractivity contribution in [2.24, 2.45) is 5.41 Å². The third-order valence-electron chi connectivity index (χ3n) is 8.72. The minimum atomic E-state index is -0.216. The van der Waals surface area contributed by atoms with E-state index in [-0.39, 0.29) is 17.4 Å². The molecule has 1 aliphatic carbocycles. The zero-order valence-electron chi connectivity index (χ0n) is 23.8. The lowest BCUT2D eigenvalue weighted by atomic mass is 9.78. The Morgan fingerprint density at radius 1 is 1.00 bits per heavy atom. The van der Waals surface area contributed by atoms with Gasteiger partial charge in [0.2, 0.25) is 5.91 Å². The Balaban J connectivity index is 1.15. The van der Waals surface area contributed by atoms with E-state index in [0.717, 1.165) is 73.7 Å². The van der Waals surface area contributed by atoms with Crippen LogP contribution in [-0.4, -0.2) is 30.4 Å². The van der Waals surface area contributed by atoms with Crippen LogP contribution in [0.15, 0.2) is 95.0 Å². The molecular formula is C35H39BrN2O3. The molecule has 2 amide bonds. The first-order valence-electron chi connectivity index (χ1n) is 14.7. The Bertz CT molecular complexity index is 1350. The third kappa shape index (κ3) is 7.28. The Morgan fingerprint density at radius 3 is 2.49 bits per heavy atom. The number of halogens is 1. The second-order valence-electron chi connectivity index (χ2n) is 11.3. The van der Waals surface area contributed by atoms with Crippen LogP contribution < -0.4 is 10.1 Å². The Morgan fingerprint density at radius 2 is 1.76 bits per heavy atom. The number of nitrogens with zero attached hydrogens (tertiary/aromatic N) is 1. The van der Waals surface area contributed by atoms with E-state index in [1.54, 1.807) is 19.2 Å². The summed E-state index contributed by atoms with van der Waals surface area (Å²) >= 11 is 3.49. The molecule has 1 N–H and O–H groups in total. The number of carbonyl (C=O) groups excluding carboxylic acids is 2. The molecule has 2 unspecified atom stereocenters. The molecule has 5 rings (SSSR count). The summed E-state index contributed by atoms with van der Waals surface area (Å²) in [6, 6.07) is 25.6. The summed E-state index contributed by atoms with van der Waals surface area (Å²) in [4.78, 5) is 28.7. The van der Waals surface area contributed by atoms with Crippen LogP contribution in [0.2, 0.25) is 0 Å². The van der Waals surface area contributed by atoms with Gasteiger partial charge in [0, 0.05) is 23.1 Å². The Kier molecular flexibility index (Phi) is 9.60. The van der Waals surface area contributed by atoms with Gasteiger partial charge in [-0.2, -0.15) is 0 Å². The maximum absolute atomic E-state index is 13.6. The van der Waals surface area contributed by atoms with E-state index in [0.29, 0.717) is 18.0 Å². The van der Waals surface area contributed by atoms with Crippen LogP contribution in [-0.2, 0) is 11.3 Å². The molecule has 1 saturated heterocycles. The van der Waals surface area contributed by atoms with E-state index >= 15 is 0 Å². The van der Waals surface area contributed by atoms with Crippen molar-refractivity contribution in [1.82, 2.24) is 10.2 Å². The van der Waals surface area contributed by atoms with Crippen LogP contribution in [0.1, 0.15) is 78.9 Å². The molecule has 3 aromatic carbocycles. The molecule has 0 saturated carbocycles. The van der Waals surface area contributed by atoms with Crippen LogP contribution in [0.5, 0.6) is 5.75 Å². The molecule has 5 nitrogen and oxygen atoms in total. The summed E-state index contributed by atoms with van der Waals surface area (Å²) in [5, 5.41) is 3.26. The van der Waals surface area contributed by atoms with Crippen LogP contribution in [0, 0.1) is 5.41 Å². The molecule has 0 radical (unpaired) electrons. The minimum Gasteiger partial charge on any atom is -0.497 e. The topological polar surface area (TPSA) is 58.6 Å². The summed E-state index contributed by atoms with van der Waals surface area (Å²) in [5.74, 6) is 0.987. The number of rotatable bonds is 10. The molecule has 41 heavy (non-hydrogen) atoms. The second kappa shape index (κ2) is 13.5. The van der Waals surface area contributed by atoms with Gasteiger partial charge in [0.1, 0.15) is 5.75 Å². The summed E-state index contributed by atoms with van der Waals surface area (Å²) in [7, 11) is 1.62. The fourth-order valence-electron chi connectivity index (χ4n) is 6.25. The van der Waals surface area contributed by atoms with Crippen LogP contribution in [0.3, 0.4) is 0 Å². The number of carbonyl (C=O) groups is 2. The molecule has 1 aliphatic heterocycles. The maximum Gasteiger partial charge on any atom is 0.251 e. The smallest absolute Gasteiger partial charge is 0.251 e. The number of hydrogen-bond acceptors (Lipinski definition) is 3. The van der Waals surface area contributed by atoms with Gasteiger partial charge in [-0.05, 0) is 98.9 Å². The van der Waals surface area contributed by atoms with Gasteiger partial charge in [0.15, 0.2) is 0 Å². The average Bonchev–Trinajstić information content (AvgIpc) is 3.16. The number of methoxy groups -OCH3 is 1. The number of nitrogens with one attached hydrogen (secondary N) is 1. The third-order valence-corrected chi connectivity index (χ3v) is 9.25. The highest BCUT2D eigenvalue weighted by Gasteiger charge is 2.46. The van der Waals surface area contributed by atoms with Crippen molar-refractivity contribution in [3.8, 4) is 5.75 Å². The van der Waals surface area contributed by atoms with E-state index in [4.69, 9.17) is 4.74 Å². The molecule has 1 heterocycles. The lowest BCUT2D eigenvalue weighted by molar-refractivity contribution is -0.137. The maximum atomic E-state index is 13.6. The largest absolute Gasteiger partial charge is 0.497 e. The highest BCUT2D eigenvalue weighted by Crippen LogP contribution is 2.44. The summed E-state index contributed by atoms with van der Waals surface area (Å²) < 4.78 is 6.29. The SMILES string of the molecule is COc1ccc(C(=O)NC(CCCC2=CCCC3(CC2)CCN(Cc2ccc(Br)cc2)C3=O)c2ccccc2)cc1. The van der Waals surface area contributed by atoms with Gasteiger partial charge < -0.3 is 15.0 Å². The molecule has 0 aromatic heterocycles. The predicted octanol–water partition coefficient (Wildman–Crippen LogP) is 8.02. The van der Waals surface area contributed by atoms with E-state index in [9.17, 15) is 9.59 Å². The van der Waals surface area contributed by atoms with Gasteiger partial charge in [-0.15, -0.1) is 0 Å². The normalized spacial score (nSPS) is 19.5. The van der Waals surface area contributed by atoms with E-state index in [1.165, 1.54) is 11.1 Å². The molecule has 0 bridgehead atoms. The monoisotopic (exact) mass is 614 g/mol. The lowest BCUT2D eigenvalue weighted by Gasteiger charge is -2.26. The van der Waals surface area contributed by atoms with E-state index < -0.39 is 0 Å². The van der Waals surface area contributed by atoms with Crippen molar-refractivity contribution in [3.05, 3.63) is 112 Å². The van der Waals surface area contributed by atoms with Crippen molar-refractivity contribution in [2.75, 3.05) is 13.7 Å². The van der Waals surface area contributed by atoms with Crippen molar-refractivity contribution in [1.29, 1.82) is 0 Å². The minimum absolute atomic E-state index is 0.0629. The van der Waals surface area contributed by atoms with E-state index in [1.807, 2.05) is 42.5 Å². The zero-order valence-corrected chi connectivity index (χ0v) is 25.4. The fraction of sp³-hybridized carbons (Fsp3) is 0.371. The molecule has 1 spiro atoms. The highest BCUT2D eigenvalue weighted by molar-refractivity contribution is 9.10. The van der Waals surface area contributed by atoms with Crippen LogP contribution in [0.4, 0.5) is 0 Å². The molecular weight excluding hydrogens is 576 g/mol. The quantitative estimate of drug-likeness (QED) is 0.235. The molecule has 2 aliphatic rings. The first-order valence-corrected chi connectivity index (χ1v) is 15.5. The van der Waals surface area contributed by atoms with Crippen molar-refractivity contribution < 1.29 is 14.3 Å². The average molecular weight is 616 g/mol. The van der Waals surface area contributed by atoms with Crippen molar-refractivity contribution in [3.63, 3.8) is 0 Å². The zero-order chi connectivity index (χ0) is 28.7. The van der Waals surface area contributed by atoms with Gasteiger partial charge in [-0.3, -0.25) is 9.59 Å². The summed E-state index contributed by atoms with van der Waals surface area (Å²) in [6.07, 6.45) is 9.98. The fourth-order valence-corrected chi connectivity index (χ4v) is 6.51. The van der Waals surface area contributed by atoms with Crippen LogP contribution in [0.25, 0.3) is 0 Å². The van der Waals surface area contributed by atoms with Crippen LogP contribution >= 0.6 is 15.9 Å². The van der Waals surface area contributed by atoms with Gasteiger partial charge in [0.05, 0.1) is 18.6 Å². The summed E-state index contributed by atoms with van der Waals surface area (Å²) in [5.41, 5.74) is 4.16. The second-order valence-corrected chi connectivity index (χ2v) is 12.3. The number of amides is 2. The predicted molar refractivity (Wildman–Crippen MR) is 167 cm³/mol. The van der Waals surface area contributed by atoms with Gasteiger partial charge in [-0.1, -0.05) is 70.0 Å². The number of benzene rings is 3. The van der Waals surface area contributed by atoms with Crippen molar-refractivity contribution >= 4 is 27.7 Å². The Hall–Kier alpha value is -3.38. The number of hydrogen-bond donors (Lipinski definition) is 1. The first kappa shape index (κ1) is 29.1. The molecule has 2 atom stereocenters. The number of ether oxygens (including phenoxy) is 1. The summed E-state index contributed by atoms with van der Waals surface area (Å²) in [6.45, 7) is 1.54. The highest BCUT2D eigenvalue weighted by atomic mass is 79.9. The first-order chi connectivity index (χ1) is 20.0. The van der Waals surface area contributed by atoms with Crippen molar-refractivity contribution in [2.45, 2.75) is 64.0 Å². The van der Waals surface area contributed by atoms with Gasteiger partial charge >= 0.3 is 0 Å². The molecule has 6 heteroatoms. The molecule has 214 valence electrons. The van der Waals surface area contributed by atoms with E-state index in [2.05, 4.69) is 56.5 Å². The Labute approximate surface area is 252 Å². The lowest BCUT2D eigenvalue weighted by Crippen LogP contribution is -2.34. The number of likely N-dealkylation sites (tertiary alicyclic amines) is 1. The molecule has 3 aromatic rings. The van der Waals surface area contributed by atoms with Gasteiger partial charge in [0.25, 0.3) is 5.91 Å².